The second-order valence-electron chi connectivity index (χ2n) is 4.82. The zero-order valence-corrected chi connectivity index (χ0v) is 13.1. The lowest BCUT2D eigenvalue weighted by Gasteiger charge is -2.08. The highest BCUT2D eigenvalue weighted by atomic mass is 35.5. The highest BCUT2D eigenvalue weighted by Gasteiger charge is 2.28. The Kier molecular flexibility index (Phi) is 6.18. The summed E-state index contributed by atoms with van der Waals surface area (Å²) in [7, 11) is 0. The lowest BCUT2D eigenvalue weighted by atomic mass is 10.3. The van der Waals surface area contributed by atoms with Crippen molar-refractivity contribution in [3.05, 3.63) is 34.9 Å². The van der Waals surface area contributed by atoms with E-state index >= 15 is 0 Å². The van der Waals surface area contributed by atoms with Crippen LogP contribution in [0.25, 0.3) is 0 Å². The lowest BCUT2D eigenvalue weighted by molar-refractivity contribution is -0.121. The lowest BCUT2D eigenvalue weighted by Crippen LogP contribution is -2.30. The van der Waals surface area contributed by atoms with Crippen LogP contribution in [0.3, 0.4) is 0 Å². The smallest absolute Gasteiger partial charge is 0.283 e. The summed E-state index contributed by atoms with van der Waals surface area (Å²) in [6.45, 7) is 0.228. The standard InChI is InChI=1S/C13H14ClF4N5O/c14-9-10(12(15)16)21-23(11(9)13(17)18)7-8(24)19-3-1-5-22-6-2-4-20-22/h2,4,6,12-13H,1,3,5,7H2,(H,19,24). The summed E-state index contributed by atoms with van der Waals surface area (Å²) in [5.41, 5.74) is -1.85. The average molecular weight is 368 g/mol. The van der Waals surface area contributed by atoms with Gasteiger partial charge in [0.25, 0.3) is 12.9 Å². The molecular weight excluding hydrogens is 354 g/mol. The number of nitrogens with one attached hydrogen (secondary N) is 1. The predicted molar refractivity (Wildman–Crippen MR) is 77.0 cm³/mol. The van der Waals surface area contributed by atoms with E-state index in [0.29, 0.717) is 17.6 Å². The Hall–Kier alpha value is -2.10. The van der Waals surface area contributed by atoms with Gasteiger partial charge in [-0.1, -0.05) is 11.6 Å². The molecule has 2 heterocycles. The van der Waals surface area contributed by atoms with E-state index < -0.39 is 41.7 Å². The number of hydrogen-bond donors (Lipinski definition) is 1. The number of rotatable bonds is 8. The summed E-state index contributed by atoms with van der Waals surface area (Å²) in [6.07, 6.45) is -2.28. The third kappa shape index (κ3) is 4.47. The number of aryl methyl sites for hydroxylation is 1. The summed E-state index contributed by atoms with van der Waals surface area (Å²) in [6, 6.07) is 1.76. The van der Waals surface area contributed by atoms with Gasteiger partial charge >= 0.3 is 0 Å². The van der Waals surface area contributed by atoms with Gasteiger partial charge in [0.15, 0.2) is 0 Å². The second-order valence-corrected chi connectivity index (χ2v) is 5.19. The molecule has 0 aliphatic carbocycles. The van der Waals surface area contributed by atoms with Crippen molar-refractivity contribution in [2.45, 2.75) is 32.4 Å². The van der Waals surface area contributed by atoms with Crippen LogP contribution in [0.2, 0.25) is 5.02 Å². The number of nitrogens with zero attached hydrogens (tertiary/aromatic N) is 4. The van der Waals surface area contributed by atoms with Gasteiger partial charge in [0.1, 0.15) is 17.9 Å². The van der Waals surface area contributed by atoms with E-state index in [0.717, 1.165) is 0 Å². The molecule has 0 unspecified atom stereocenters. The third-order valence-electron chi connectivity index (χ3n) is 3.11. The SMILES string of the molecule is O=C(Cn1nc(C(F)F)c(Cl)c1C(F)F)NCCCn1cccn1. The molecule has 0 atom stereocenters. The Morgan fingerprint density at radius 3 is 2.62 bits per heavy atom. The van der Waals surface area contributed by atoms with Crippen LogP contribution in [-0.2, 0) is 17.9 Å². The van der Waals surface area contributed by atoms with E-state index in [-0.39, 0.29) is 6.54 Å². The minimum Gasteiger partial charge on any atom is -0.354 e. The predicted octanol–water partition coefficient (Wildman–Crippen LogP) is 2.81. The molecule has 6 nitrogen and oxygen atoms in total. The van der Waals surface area contributed by atoms with Crippen LogP contribution in [0.4, 0.5) is 17.6 Å². The number of carbonyl (C=O) groups excluding carboxylic acids is 1. The molecule has 11 heteroatoms. The largest absolute Gasteiger partial charge is 0.354 e. The van der Waals surface area contributed by atoms with E-state index in [1.807, 2.05) is 0 Å². The first-order valence-electron chi connectivity index (χ1n) is 6.96. The summed E-state index contributed by atoms with van der Waals surface area (Å²) >= 11 is 5.50. The minimum atomic E-state index is -3.12. The maximum atomic E-state index is 12.9. The maximum absolute atomic E-state index is 12.9. The summed E-state index contributed by atoms with van der Waals surface area (Å²) in [5.74, 6) is -0.627. The van der Waals surface area contributed by atoms with Gasteiger partial charge in [-0.15, -0.1) is 0 Å². The molecule has 24 heavy (non-hydrogen) atoms. The van der Waals surface area contributed by atoms with Crippen LogP contribution in [0.15, 0.2) is 18.5 Å². The van der Waals surface area contributed by atoms with Crippen LogP contribution >= 0.6 is 11.6 Å². The monoisotopic (exact) mass is 367 g/mol. The van der Waals surface area contributed by atoms with Crippen LogP contribution in [0, 0.1) is 0 Å². The first kappa shape index (κ1) is 18.2. The van der Waals surface area contributed by atoms with Crippen LogP contribution in [0.1, 0.15) is 30.7 Å². The molecule has 0 fully saturated rings. The Morgan fingerprint density at radius 1 is 1.29 bits per heavy atom. The van der Waals surface area contributed by atoms with Gasteiger partial charge in [-0.25, -0.2) is 17.6 Å². The fourth-order valence-corrected chi connectivity index (χ4v) is 2.33. The van der Waals surface area contributed by atoms with Crippen molar-refractivity contribution in [2.24, 2.45) is 0 Å². The quantitative estimate of drug-likeness (QED) is 0.576. The highest BCUT2D eigenvalue weighted by molar-refractivity contribution is 6.32. The number of aromatic nitrogens is 4. The van der Waals surface area contributed by atoms with Gasteiger partial charge in [-0.3, -0.25) is 14.2 Å². The fourth-order valence-electron chi connectivity index (χ4n) is 2.03. The number of carbonyl (C=O) groups is 1. The molecule has 0 aliphatic rings. The number of hydrogen-bond acceptors (Lipinski definition) is 3. The number of amides is 1. The van der Waals surface area contributed by atoms with Gasteiger partial charge in [-0.2, -0.15) is 10.2 Å². The first-order chi connectivity index (χ1) is 11.4. The zero-order valence-electron chi connectivity index (χ0n) is 12.3. The molecule has 1 N–H and O–H groups in total. The fraction of sp³-hybridized carbons (Fsp3) is 0.462. The Labute approximate surface area is 139 Å². The third-order valence-corrected chi connectivity index (χ3v) is 3.50. The van der Waals surface area contributed by atoms with E-state index in [1.165, 1.54) is 0 Å². The van der Waals surface area contributed by atoms with Crippen molar-refractivity contribution < 1.29 is 22.4 Å². The van der Waals surface area contributed by atoms with Gasteiger partial charge in [-0.05, 0) is 12.5 Å². The Morgan fingerprint density at radius 2 is 2.04 bits per heavy atom. The first-order valence-corrected chi connectivity index (χ1v) is 7.34. The number of halogens is 5. The highest BCUT2D eigenvalue weighted by Crippen LogP contribution is 2.34. The molecule has 132 valence electrons. The second kappa shape index (κ2) is 8.13. The van der Waals surface area contributed by atoms with Gasteiger partial charge < -0.3 is 5.32 Å². The van der Waals surface area contributed by atoms with E-state index in [2.05, 4.69) is 15.5 Å². The molecule has 0 spiro atoms. The molecule has 0 bridgehead atoms. The minimum absolute atomic E-state index is 0.277. The molecule has 1 amide bonds. The van der Waals surface area contributed by atoms with E-state index in [1.54, 1.807) is 23.1 Å². The molecule has 0 saturated carbocycles. The van der Waals surface area contributed by atoms with Crippen molar-refractivity contribution in [2.75, 3.05) is 6.54 Å². The van der Waals surface area contributed by atoms with Crippen molar-refractivity contribution in [3.63, 3.8) is 0 Å². The van der Waals surface area contributed by atoms with Crippen LogP contribution in [-0.4, -0.2) is 32.0 Å². The molecule has 2 rings (SSSR count). The summed E-state index contributed by atoms with van der Waals surface area (Å²) in [5, 5.41) is 8.99. The van der Waals surface area contributed by atoms with Crippen molar-refractivity contribution in [3.8, 4) is 0 Å². The maximum Gasteiger partial charge on any atom is 0.283 e. The van der Waals surface area contributed by atoms with Gasteiger partial charge in [0.05, 0.1) is 5.02 Å². The molecule has 2 aromatic heterocycles. The molecule has 0 radical (unpaired) electrons. The topological polar surface area (TPSA) is 64.7 Å². The van der Waals surface area contributed by atoms with Crippen LogP contribution < -0.4 is 5.32 Å². The number of alkyl halides is 4. The van der Waals surface area contributed by atoms with Crippen molar-refractivity contribution in [1.29, 1.82) is 0 Å². The van der Waals surface area contributed by atoms with Gasteiger partial charge in [0, 0.05) is 25.5 Å². The summed E-state index contributed by atoms with van der Waals surface area (Å²) < 4.78 is 53.5. The van der Waals surface area contributed by atoms with E-state index in [9.17, 15) is 22.4 Å². The molecule has 0 saturated heterocycles. The van der Waals surface area contributed by atoms with Crippen molar-refractivity contribution in [1.82, 2.24) is 24.9 Å². The molecule has 0 aromatic carbocycles. The Bertz CT molecular complexity index is 674. The normalized spacial score (nSPS) is 11.5. The zero-order chi connectivity index (χ0) is 17.7. The molecule has 2 aromatic rings. The van der Waals surface area contributed by atoms with Crippen molar-refractivity contribution >= 4 is 17.5 Å². The molecule has 0 aliphatic heterocycles. The van der Waals surface area contributed by atoms with E-state index in [4.69, 9.17) is 11.6 Å². The summed E-state index contributed by atoms with van der Waals surface area (Å²) in [4.78, 5) is 11.8. The van der Waals surface area contributed by atoms with Gasteiger partial charge in [0.2, 0.25) is 5.91 Å². The molecular formula is C13H14ClF4N5O. The van der Waals surface area contributed by atoms with Crippen LogP contribution in [0.5, 0.6) is 0 Å². The Balaban J connectivity index is 1.92. The average Bonchev–Trinajstić information content (AvgIpc) is 3.11.